The fraction of sp³-hybridized carbons (Fsp3) is 0.188. The van der Waals surface area contributed by atoms with E-state index in [1.54, 1.807) is 31.2 Å². The van der Waals surface area contributed by atoms with Crippen molar-refractivity contribution in [2.45, 2.75) is 0 Å². The van der Waals surface area contributed by atoms with Gasteiger partial charge in [-0.3, -0.25) is 4.79 Å². The van der Waals surface area contributed by atoms with Gasteiger partial charge in [0.25, 0.3) is 5.91 Å². The van der Waals surface area contributed by atoms with Crippen molar-refractivity contribution in [3.8, 4) is 11.5 Å². The number of hydrogen-bond donors (Lipinski definition) is 0. The molecule has 1 amide bonds. The van der Waals surface area contributed by atoms with Gasteiger partial charge in [0.1, 0.15) is 11.5 Å². The summed E-state index contributed by atoms with van der Waals surface area (Å²) in [5, 5.41) is 0. The van der Waals surface area contributed by atoms with Crippen LogP contribution in [0.3, 0.4) is 0 Å². The number of nitrogens with zero attached hydrogens (tertiary/aromatic N) is 1. The second-order valence-corrected chi connectivity index (χ2v) is 4.26. The summed E-state index contributed by atoms with van der Waals surface area (Å²) in [6.07, 6.45) is 0. The van der Waals surface area contributed by atoms with Crippen LogP contribution >= 0.6 is 0 Å². The second-order valence-electron chi connectivity index (χ2n) is 4.26. The van der Waals surface area contributed by atoms with Crippen LogP contribution in [0.25, 0.3) is 0 Å². The minimum Gasteiger partial charge on any atom is -0.497 e. The van der Waals surface area contributed by atoms with Crippen LogP contribution in [0, 0.1) is 0 Å². The van der Waals surface area contributed by atoms with E-state index < -0.39 is 0 Å². The topological polar surface area (TPSA) is 38.8 Å². The van der Waals surface area contributed by atoms with Crippen LogP contribution in [0.2, 0.25) is 0 Å². The molecule has 0 saturated heterocycles. The molecule has 0 heterocycles. The summed E-state index contributed by atoms with van der Waals surface area (Å²) in [4.78, 5) is 13.6. The molecule has 0 fully saturated rings. The third kappa shape index (κ3) is 3.51. The first kappa shape index (κ1) is 13.9. The first-order chi connectivity index (χ1) is 9.70. The molecule has 0 bridgehead atoms. The molecule has 20 heavy (non-hydrogen) atoms. The van der Waals surface area contributed by atoms with Crippen molar-refractivity contribution in [1.82, 2.24) is 0 Å². The largest absolute Gasteiger partial charge is 0.497 e. The lowest BCUT2D eigenvalue weighted by Crippen LogP contribution is -2.31. The Labute approximate surface area is 118 Å². The van der Waals surface area contributed by atoms with Crippen LogP contribution in [0.1, 0.15) is 0 Å². The number of ether oxygens (including phenoxy) is 2. The smallest absolute Gasteiger partial charge is 0.264 e. The highest BCUT2D eigenvalue weighted by molar-refractivity contribution is 5.93. The van der Waals surface area contributed by atoms with Crippen molar-refractivity contribution in [3.05, 3.63) is 54.6 Å². The molecule has 0 atom stereocenters. The maximum Gasteiger partial charge on any atom is 0.264 e. The van der Waals surface area contributed by atoms with Gasteiger partial charge in [0.05, 0.1) is 7.11 Å². The van der Waals surface area contributed by atoms with Crippen LogP contribution in [0.15, 0.2) is 54.6 Å². The molecule has 0 radical (unpaired) electrons. The van der Waals surface area contributed by atoms with Crippen molar-refractivity contribution >= 4 is 11.6 Å². The lowest BCUT2D eigenvalue weighted by molar-refractivity contribution is -0.120. The van der Waals surface area contributed by atoms with E-state index in [1.807, 2.05) is 42.5 Å². The van der Waals surface area contributed by atoms with Crippen molar-refractivity contribution in [2.24, 2.45) is 0 Å². The highest BCUT2D eigenvalue weighted by Gasteiger charge is 2.11. The maximum atomic E-state index is 12.0. The van der Waals surface area contributed by atoms with Gasteiger partial charge in [-0.25, -0.2) is 0 Å². The molecule has 2 aromatic rings. The average molecular weight is 271 g/mol. The molecule has 0 N–H and O–H groups in total. The number of benzene rings is 2. The van der Waals surface area contributed by atoms with E-state index in [2.05, 4.69) is 0 Å². The van der Waals surface area contributed by atoms with Crippen molar-refractivity contribution in [1.29, 1.82) is 0 Å². The zero-order valence-corrected chi connectivity index (χ0v) is 11.6. The summed E-state index contributed by atoms with van der Waals surface area (Å²) >= 11 is 0. The van der Waals surface area contributed by atoms with E-state index in [-0.39, 0.29) is 12.5 Å². The average Bonchev–Trinajstić information content (AvgIpc) is 2.53. The molecular formula is C16H17NO3. The Kier molecular flexibility index (Phi) is 4.60. The Morgan fingerprint density at radius 3 is 2.45 bits per heavy atom. The first-order valence-corrected chi connectivity index (χ1v) is 6.29. The molecule has 0 aliphatic rings. The number of anilines is 1. The number of para-hydroxylation sites is 1. The molecule has 2 rings (SSSR count). The quantitative estimate of drug-likeness (QED) is 0.839. The maximum absolute atomic E-state index is 12.0. The third-order valence-corrected chi connectivity index (χ3v) is 2.92. The number of amides is 1. The standard InChI is InChI=1S/C16H17NO3/c1-17(13-7-4-3-5-8-13)16(18)12-20-15-10-6-9-14(11-15)19-2/h3-11H,12H2,1-2H3. The van der Waals surface area contributed by atoms with Crippen molar-refractivity contribution < 1.29 is 14.3 Å². The lowest BCUT2D eigenvalue weighted by Gasteiger charge is -2.17. The van der Waals surface area contributed by atoms with E-state index in [9.17, 15) is 4.79 Å². The predicted octanol–water partition coefficient (Wildman–Crippen LogP) is 2.74. The normalized spacial score (nSPS) is 9.90. The van der Waals surface area contributed by atoms with E-state index >= 15 is 0 Å². The number of carbonyl (C=O) groups excluding carboxylic acids is 1. The van der Waals surface area contributed by atoms with E-state index in [4.69, 9.17) is 9.47 Å². The van der Waals surface area contributed by atoms with Crippen LogP contribution < -0.4 is 14.4 Å². The van der Waals surface area contributed by atoms with Gasteiger partial charge < -0.3 is 14.4 Å². The molecule has 0 aromatic heterocycles. The first-order valence-electron chi connectivity index (χ1n) is 6.29. The molecule has 104 valence electrons. The zero-order valence-electron chi connectivity index (χ0n) is 11.6. The van der Waals surface area contributed by atoms with Crippen LogP contribution in [-0.2, 0) is 4.79 Å². The Hall–Kier alpha value is -2.49. The highest BCUT2D eigenvalue weighted by atomic mass is 16.5. The Bertz CT molecular complexity index is 569. The zero-order chi connectivity index (χ0) is 14.4. The SMILES string of the molecule is COc1cccc(OCC(=O)N(C)c2ccccc2)c1. The van der Waals surface area contributed by atoms with Gasteiger partial charge in [-0.05, 0) is 24.3 Å². The molecule has 0 aliphatic heterocycles. The summed E-state index contributed by atoms with van der Waals surface area (Å²) in [6.45, 7) is -0.0153. The van der Waals surface area contributed by atoms with E-state index in [1.165, 1.54) is 0 Å². The molecular weight excluding hydrogens is 254 g/mol. The summed E-state index contributed by atoms with van der Waals surface area (Å²) in [5.74, 6) is 1.20. The predicted molar refractivity (Wildman–Crippen MR) is 78.3 cm³/mol. The number of rotatable bonds is 5. The van der Waals surface area contributed by atoms with Gasteiger partial charge in [0, 0.05) is 18.8 Å². The summed E-state index contributed by atoms with van der Waals surface area (Å²) < 4.78 is 10.6. The van der Waals surface area contributed by atoms with Gasteiger partial charge in [-0.1, -0.05) is 24.3 Å². The second kappa shape index (κ2) is 6.61. The molecule has 0 unspecified atom stereocenters. The van der Waals surface area contributed by atoms with Crippen LogP contribution in [0.4, 0.5) is 5.69 Å². The fourth-order valence-corrected chi connectivity index (χ4v) is 1.73. The summed E-state index contributed by atoms with van der Waals surface area (Å²) in [5.41, 5.74) is 0.840. The Balaban J connectivity index is 1.95. The number of likely N-dealkylation sites (N-methyl/N-ethyl adjacent to an activating group) is 1. The minimum absolute atomic E-state index is 0.0153. The molecule has 0 aliphatic carbocycles. The molecule has 2 aromatic carbocycles. The summed E-state index contributed by atoms with van der Waals surface area (Å²) in [6, 6.07) is 16.6. The van der Waals surface area contributed by atoms with Gasteiger partial charge in [-0.15, -0.1) is 0 Å². The number of hydrogen-bond acceptors (Lipinski definition) is 3. The molecule has 4 heteroatoms. The van der Waals surface area contributed by atoms with Gasteiger partial charge >= 0.3 is 0 Å². The van der Waals surface area contributed by atoms with Gasteiger partial charge in [-0.2, -0.15) is 0 Å². The lowest BCUT2D eigenvalue weighted by atomic mass is 10.3. The van der Waals surface area contributed by atoms with Crippen LogP contribution in [0.5, 0.6) is 11.5 Å². The summed E-state index contributed by atoms with van der Waals surface area (Å²) in [7, 11) is 3.32. The monoisotopic (exact) mass is 271 g/mol. The van der Waals surface area contributed by atoms with Crippen molar-refractivity contribution in [3.63, 3.8) is 0 Å². The minimum atomic E-state index is -0.112. The highest BCUT2D eigenvalue weighted by Crippen LogP contribution is 2.19. The number of carbonyl (C=O) groups is 1. The molecule has 0 saturated carbocycles. The molecule has 4 nitrogen and oxygen atoms in total. The Morgan fingerprint density at radius 1 is 1.05 bits per heavy atom. The van der Waals surface area contributed by atoms with Gasteiger partial charge in [0.15, 0.2) is 6.61 Å². The third-order valence-electron chi connectivity index (χ3n) is 2.92. The molecule has 0 spiro atoms. The van der Waals surface area contributed by atoms with Crippen molar-refractivity contribution in [2.75, 3.05) is 25.7 Å². The van der Waals surface area contributed by atoms with E-state index in [0.717, 1.165) is 5.69 Å². The fourth-order valence-electron chi connectivity index (χ4n) is 1.73. The van der Waals surface area contributed by atoms with Gasteiger partial charge in [0.2, 0.25) is 0 Å². The number of methoxy groups -OCH3 is 1. The van der Waals surface area contributed by atoms with E-state index in [0.29, 0.717) is 11.5 Å². The van der Waals surface area contributed by atoms with Crippen LogP contribution in [-0.4, -0.2) is 26.7 Å². The Morgan fingerprint density at radius 2 is 1.75 bits per heavy atom.